The van der Waals surface area contributed by atoms with E-state index < -0.39 is 9.73 Å². The van der Waals surface area contributed by atoms with Crippen LogP contribution in [0.15, 0.2) is 20.8 Å². The highest BCUT2D eigenvalue weighted by atomic mass is 35.5. The van der Waals surface area contributed by atoms with Crippen LogP contribution < -0.4 is 5.32 Å². The van der Waals surface area contributed by atoms with Crippen molar-refractivity contribution in [2.24, 2.45) is 8.87 Å². The van der Waals surface area contributed by atoms with Gasteiger partial charge in [0, 0.05) is 53.7 Å². The van der Waals surface area contributed by atoms with Crippen molar-refractivity contribution < 1.29 is 8.95 Å². The van der Waals surface area contributed by atoms with Crippen LogP contribution in [0.5, 0.6) is 0 Å². The SMILES string of the molecule is CN/C(=C\C(=N/Cl)N1CCOC[C@H]1C)N=S(C)(C)=O. The van der Waals surface area contributed by atoms with Crippen LogP contribution in [0.25, 0.3) is 0 Å². The monoisotopic (exact) mass is 308 g/mol. The summed E-state index contributed by atoms with van der Waals surface area (Å²) in [5.41, 5.74) is 0. The predicted molar refractivity (Wildman–Crippen MR) is 79.8 cm³/mol. The van der Waals surface area contributed by atoms with E-state index in [0.717, 1.165) is 0 Å². The Morgan fingerprint density at radius 3 is 2.74 bits per heavy atom. The summed E-state index contributed by atoms with van der Waals surface area (Å²) in [4.78, 5) is 2.04. The molecule has 8 heteroatoms. The van der Waals surface area contributed by atoms with Crippen LogP contribution in [-0.2, 0) is 14.5 Å². The number of nitrogens with one attached hydrogen (secondary N) is 1. The van der Waals surface area contributed by atoms with E-state index in [0.29, 0.717) is 31.4 Å². The molecule has 0 amide bonds. The van der Waals surface area contributed by atoms with Gasteiger partial charge in [0.2, 0.25) is 0 Å². The largest absolute Gasteiger partial charge is 0.377 e. The lowest BCUT2D eigenvalue weighted by molar-refractivity contribution is 0.0337. The molecule has 0 bridgehead atoms. The van der Waals surface area contributed by atoms with Crippen molar-refractivity contribution >= 4 is 27.3 Å². The van der Waals surface area contributed by atoms with Crippen molar-refractivity contribution in [3.63, 3.8) is 0 Å². The molecule has 0 aromatic carbocycles. The smallest absolute Gasteiger partial charge is 0.147 e. The number of amidine groups is 1. The number of nitrogens with zero attached hydrogens (tertiary/aromatic N) is 3. The van der Waals surface area contributed by atoms with E-state index >= 15 is 0 Å². The Balaban J connectivity index is 3.00. The van der Waals surface area contributed by atoms with Gasteiger partial charge in [0.15, 0.2) is 0 Å². The molecule has 1 heterocycles. The van der Waals surface area contributed by atoms with Crippen molar-refractivity contribution in [2.75, 3.05) is 39.3 Å². The van der Waals surface area contributed by atoms with Gasteiger partial charge in [-0.05, 0) is 6.92 Å². The normalized spacial score (nSPS) is 22.4. The maximum Gasteiger partial charge on any atom is 0.147 e. The second-order valence-corrected chi connectivity index (χ2v) is 7.33. The molecule has 1 aliphatic heterocycles. The molecule has 1 fully saturated rings. The van der Waals surface area contributed by atoms with Crippen molar-refractivity contribution in [3.05, 3.63) is 11.9 Å². The summed E-state index contributed by atoms with van der Waals surface area (Å²) >= 11 is 5.66. The minimum Gasteiger partial charge on any atom is -0.377 e. The lowest BCUT2D eigenvalue weighted by Crippen LogP contribution is -2.46. The summed E-state index contributed by atoms with van der Waals surface area (Å²) in [5.74, 6) is 1.09. The fourth-order valence-electron chi connectivity index (χ4n) is 1.73. The van der Waals surface area contributed by atoms with Crippen molar-refractivity contribution in [1.82, 2.24) is 10.2 Å². The highest BCUT2D eigenvalue weighted by Crippen LogP contribution is 2.10. The average molecular weight is 309 g/mol. The first-order chi connectivity index (χ1) is 8.87. The summed E-state index contributed by atoms with van der Waals surface area (Å²) in [6.45, 7) is 4.02. The number of hydrogen-bond acceptors (Lipinski definition) is 5. The molecule has 0 unspecified atom stereocenters. The van der Waals surface area contributed by atoms with Crippen molar-refractivity contribution in [2.45, 2.75) is 13.0 Å². The van der Waals surface area contributed by atoms with Gasteiger partial charge < -0.3 is 15.0 Å². The Bertz CT molecular complexity index is 475. The van der Waals surface area contributed by atoms with Gasteiger partial charge >= 0.3 is 0 Å². The van der Waals surface area contributed by atoms with Gasteiger partial charge in [-0.2, -0.15) is 8.87 Å². The molecule has 1 N–H and O–H groups in total. The summed E-state index contributed by atoms with van der Waals surface area (Å²) < 4.78 is 25.0. The Hall–Kier alpha value is -0.790. The average Bonchev–Trinajstić information content (AvgIpc) is 2.34. The molecule has 1 atom stereocenters. The van der Waals surface area contributed by atoms with Crippen LogP contribution in [0.3, 0.4) is 0 Å². The molecule has 0 radical (unpaired) electrons. The number of rotatable bonds is 3. The van der Waals surface area contributed by atoms with E-state index in [9.17, 15) is 4.21 Å². The maximum absolute atomic E-state index is 11.7. The molecule has 0 aromatic heterocycles. The first kappa shape index (κ1) is 16.3. The summed E-state index contributed by atoms with van der Waals surface area (Å²) in [6, 6.07) is 0.188. The topological polar surface area (TPSA) is 66.3 Å². The Morgan fingerprint density at radius 2 is 2.26 bits per heavy atom. The minimum atomic E-state index is -2.23. The molecule has 19 heavy (non-hydrogen) atoms. The van der Waals surface area contributed by atoms with Gasteiger partial charge in [0.1, 0.15) is 11.7 Å². The van der Waals surface area contributed by atoms with Crippen LogP contribution in [0, 0.1) is 0 Å². The van der Waals surface area contributed by atoms with Gasteiger partial charge in [-0.15, -0.1) is 0 Å². The van der Waals surface area contributed by atoms with Gasteiger partial charge in [-0.3, -0.25) is 0 Å². The van der Waals surface area contributed by atoms with Gasteiger partial charge in [-0.25, -0.2) is 4.21 Å². The van der Waals surface area contributed by atoms with E-state index in [4.69, 9.17) is 16.5 Å². The molecule has 6 nitrogen and oxygen atoms in total. The molecule has 1 aliphatic rings. The highest BCUT2D eigenvalue weighted by Gasteiger charge is 2.21. The zero-order chi connectivity index (χ0) is 14.5. The van der Waals surface area contributed by atoms with Crippen LogP contribution in [-0.4, -0.2) is 60.3 Å². The number of ether oxygens (including phenoxy) is 1. The van der Waals surface area contributed by atoms with Gasteiger partial charge in [0.05, 0.1) is 19.3 Å². The summed E-state index contributed by atoms with van der Waals surface area (Å²) in [7, 11) is -0.513. The summed E-state index contributed by atoms with van der Waals surface area (Å²) in [5, 5.41) is 2.90. The fraction of sp³-hybridized carbons (Fsp3) is 0.727. The Kier molecular flexibility index (Phi) is 6.09. The Morgan fingerprint density at radius 1 is 1.58 bits per heavy atom. The molecule has 0 spiro atoms. The van der Waals surface area contributed by atoms with Crippen LogP contribution in [0.2, 0.25) is 0 Å². The third kappa shape index (κ3) is 5.38. The summed E-state index contributed by atoms with van der Waals surface area (Å²) in [6.07, 6.45) is 4.85. The molecular formula is C11H21ClN4O2S. The molecule has 110 valence electrons. The van der Waals surface area contributed by atoms with Crippen LogP contribution >= 0.6 is 11.8 Å². The number of morpholine rings is 1. The zero-order valence-corrected chi connectivity index (χ0v) is 13.3. The molecule has 0 saturated carbocycles. The molecule has 1 rings (SSSR count). The first-order valence-electron chi connectivity index (χ1n) is 5.97. The maximum atomic E-state index is 11.7. The third-order valence-corrected chi connectivity index (χ3v) is 3.40. The van der Waals surface area contributed by atoms with Gasteiger partial charge in [-0.1, -0.05) is 0 Å². The van der Waals surface area contributed by atoms with E-state index in [1.54, 1.807) is 25.6 Å². The minimum absolute atomic E-state index is 0.188. The molecule has 0 aliphatic carbocycles. The van der Waals surface area contributed by atoms with E-state index in [1.807, 2.05) is 11.8 Å². The van der Waals surface area contributed by atoms with Gasteiger partial charge in [0.25, 0.3) is 0 Å². The van der Waals surface area contributed by atoms with E-state index in [-0.39, 0.29) is 6.04 Å². The van der Waals surface area contributed by atoms with Crippen molar-refractivity contribution in [1.29, 1.82) is 0 Å². The second-order valence-electron chi connectivity index (χ2n) is 4.61. The first-order valence-corrected chi connectivity index (χ1v) is 8.64. The standard InChI is InChI=1S/C11H21ClN4O2S/c1-9-8-18-6-5-16(9)11(14-12)7-10(13-2)15-19(3,4)17/h7,9,13H,5-6,8H2,1-4H3/b10-7+,14-11+/t9-/m1/s1. The molecular weight excluding hydrogens is 288 g/mol. The molecule has 0 aromatic rings. The second kappa shape index (κ2) is 7.12. The fourth-order valence-corrected chi connectivity index (χ4v) is 2.49. The highest BCUT2D eigenvalue weighted by molar-refractivity contribution is 7.92. The Labute approximate surface area is 120 Å². The number of halogens is 1. The van der Waals surface area contributed by atoms with Crippen molar-refractivity contribution in [3.8, 4) is 0 Å². The molecule has 1 saturated heterocycles. The number of hydrogen-bond donors (Lipinski definition) is 1. The van der Waals surface area contributed by atoms with Crippen LogP contribution in [0.1, 0.15) is 6.92 Å². The van der Waals surface area contributed by atoms with E-state index in [1.165, 1.54) is 0 Å². The third-order valence-electron chi connectivity index (χ3n) is 2.59. The predicted octanol–water partition coefficient (Wildman–Crippen LogP) is 1.05. The lowest BCUT2D eigenvalue weighted by atomic mass is 10.2. The van der Waals surface area contributed by atoms with Crippen LogP contribution in [0.4, 0.5) is 0 Å². The quantitative estimate of drug-likeness (QED) is 0.625. The lowest BCUT2D eigenvalue weighted by Gasteiger charge is -2.34. The zero-order valence-electron chi connectivity index (χ0n) is 11.7. The van der Waals surface area contributed by atoms with E-state index in [2.05, 4.69) is 14.2 Å².